The summed E-state index contributed by atoms with van der Waals surface area (Å²) in [7, 11) is 0. The maximum atomic E-state index is 6.28. The quantitative estimate of drug-likeness (QED) is 0.390. The van der Waals surface area contributed by atoms with Crippen molar-refractivity contribution in [1.29, 1.82) is 0 Å². The van der Waals surface area contributed by atoms with Crippen LogP contribution in [0, 0.1) is 13.8 Å². The number of fused-ring (bicyclic) bond motifs is 3. The van der Waals surface area contributed by atoms with Gasteiger partial charge in [0.1, 0.15) is 23.7 Å². The molecule has 1 N–H and O–H groups in total. The third kappa shape index (κ3) is 3.66. The molecule has 1 aliphatic rings. The summed E-state index contributed by atoms with van der Waals surface area (Å²) in [6, 6.07) is 16.8. The first kappa shape index (κ1) is 22.2. The summed E-state index contributed by atoms with van der Waals surface area (Å²) < 4.78 is 8.52. The molecule has 5 aromatic rings. The largest absolute Gasteiger partial charge is 0.488 e. The van der Waals surface area contributed by atoms with E-state index in [0.717, 1.165) is 68.3 Å². The zero-order valence-electron chi connectivity index (χ0n) is 20.8. The van der Waals surface area contributed by atoms with Gasteiger partial charge in [-0.1, -0.05) is 37.3 Å². The van der Waals surface area contributed by atoms with Crippen molar-refractivity contribution in [3.05, 3.63) is 93.7 Å². The Labute approximate surface area is 209 Å². The molecule has 180 valence electrons. The summed E-state index contributed by atoms with van der Waals surface area (Å²) in [5, 5.41) is 14.6. The van der Waals surface area contributed by atoms with E-state index in [1.165, 1.54) is 5.56 Å². The van der Waals surface area contributed by atoms with Crippen molar-refractivity contribution in [2.24, 2.45) is 0 Å². The van der Waals surface area contributed by atoms with E-state index in [0.29, 0.717) is 19.0 Å². The van der Waals surface area contributed by atoms with E-state index >= 15 is 0 Å². The smallest absolute Gasteiger partial charge is 0.175 e. The lowest BCUT2D eigenvalue weighted by atomic mass is 9.89. The van der Waals surface area contributed by atoms with E-state index in [4.69, 9.17) is 14.7 Å². The maximum absolute atomic E-state index is 6.28. The monoisotopic (exact) mass is 477 g/mol. The van der Waals surface area contributed by atoms with Crippen molar-refractivity contribution in [2.75, 3.05) is 0 Å². The molecule has 1 aliphatic heterocycles. The Bertz CT molecular complexity index is 1630. The molecule has 0 saturated carbocycles. The number of ether oxygens (including phenoxy) is 1. The number of aromatic amines is 1. The van der Waals surface area contributed by atoms with Crippen LogP contribution in [0.1, 0.15) is 59.0 Å². The number of aryl methyl sites for hydroxylation is 3. The zero-order valence-corrected chi connectivity index (χ0v) is 20.8. The predicted molar refractivity (Wildman–Crippen MR) is 138 cm³/mol. The molecule has 0 bridgehead atoms. The molecule has 36 heavy (non-hydrogen) atoms. The molecular weight excluding hydrogens is 450 g/mol. The number of nitrogens with zero attached hydrogens (tertiary/aromatic N) is 6. The number of tetrazole rings is 1. The molecule has 6 rings (SSSR count). The second-order valence-electron chi connectivity index (χ2n) is 9.25. The normalized spacial score (nSPS) is 14.2. The first-order chi connectivity index (χ1) is 17.5. The van der Waals surface area contributed by atoms with Gasteiger partial charge in [0.25, 0.3) is 0 Å². The molecule has 0 radical (unpaired) electrons. The van der Waals surface area contributed by atoms with Crippen molar-refractivity contribution in [2.45, 2.75) is 47.3 Å². The molecule has 0 unspecified atom stereocenters. The lowest BCUT2D eigenvalue weighted by molar-refractivity contribution is 0.307. The topological polar surface area (TPSA) is 94.4 Å². The fourth-order valence-corrected chi connectivity index (χ4v) is 5.12. The van der Waals surface area contributed by atoms with E-state index in [1.807, 2.05) is 32.0 Å². The number of imidazole rings is 1. The van der Waals surface area contributed by atoms with Crippen LogP contribution in [-0.4, -0.2) is 35.2 Å². The molecule has 3 aromatic heterocycles. The molecule has 2 aromatic carbocycles. The molecule has 0 saturated heterocycles. The fraction of sp³-hybridized carbons (Fsp3) is 0.250. The van der Waals surface area contributed by atoms with Crippen LogP contribution in [0.15, 0.2) is 48.5 Å². The maximum Gasteiger partial charge on any atom is 0.175 e. The molecule has 0 atom stereocenters. The molecule has 4 heterocycles. The minimum absolute atomic E-state index is 0.480. The predicted octanol–water partition coefficient (Wildman–Crippen LogP) is 5.04. The highest BCUT2D eigenvalue weighted by molar-refractivity contribution is 5.99. The SMILES string of the molecule is CCc1nc2c(C)cc(C)nc2n1Cc1ccc2c(c1)COc1ccccc1/C2=C(\C)c1nnn[nH]1. The van der Waals surface area contributed by atoms with Crippen molar-refractivity contribution in [1.82, 2.24) is 35.2 Å². The molecular formula is C28H27N7O. The molecule has 0 aliphatic carbocycles. The number of allylic oxidation sites excluding steroid dienone is 1. The van der Waals surface area contributed by atoms with Crippen LogP contribution < -0.4 is 4.74 Å². The Hall–Kier alpha value is -4.33. The summed E-state index contributed by atoms with van der Waals surface area (Å²) in [6.07, 6.45) is 0.843. The van der Waals surface area contributed by atoms with Crippen molar-refractivity contribution in [3.8, 4) is 5.75 Å². The van der Waals surface area contributed by atoms with E-state index < -0.39 is 0 Å². The number of benzene rings is 2. The van der Waals surface area contributed by atoms with Crippen LogP contribution in [-0.2, 0) is 19.6 Å². The Kier molecular flexibility index (Phi) is 5.36. The van der Waals surface area contributed by atoms with Crippen molar-refractivity contribution < 1.29 is 4.74 Å². The first-order valence-electron chi connectivity index (χ1n) is 12.2. The van der Waals surface area contributed by atoms with Gasteiger partial charge in [0.05, 0.1) is 6.54 Å². The number of hydrogen-bond acceptors (Lipinski definition) is 6. The summed E-state index contributed by atoms with van der Waals surface area (Å²) in [6.45, 7) is 9.49. The van der Waals surface area contributed by atoms with Gasteiger partial charge >= 0.3 is 0 Å². The molecule has 0 amide bonds. The second-order valence-corrected chi connectivity index (χ2v) is 9.25. The summed E-state index contributed by atoms with van der Waals surface area (Å²) in [4.78, 5) is 9.75. The lowest BCUT2D eigenvalue weighted by Crippen LogP contribution is -2.07. The van der Waals surface area contributed by atoms with Gasteiger partial charge in [0.15, 0.2) is 11.5 Å². The average molecular weight is 478 g/mol. The van der Waals surface area contributed by atoms with E-state index in [2.05, 4.69) is 69.4 Å². The summed E-state index contributed by atoms with van der Waals surface area (Å²) >= 11 is 0. The number of nitrogens with one attached hydrogen (secondary N) is 1. The molecule has 0 fully saturated rings. The molecule has 8 nitrogen and oxygen atoms in total. The van der Waals surface area contributed by atoms with Gasteiger partial charge in [-0.2, -0.15) is 0 Å². The van der Waals surface area contributed by atoms with E-state index in [9.17, 15) is 0 Å². The zero-order chi connectivity index (χ0) is 24.8. The Balaban J connectivity index is 1.48. The van der Waals surface area contributed by atoms with Crippen LogP contribution in [0.25, 0.3) is 22.3 Å². The number of rotatable bonds is 4. The van der Waals surface area contributed by atoms with Crippen LogP contribution >= 0.6 is 0 Å². The second kappa shape index (κ2) is 8.71. The van der Waals surface area contributed by atoms with Gasteiger partial charge in [0, 0.05) is 23.3 Å². The van der Waals surface area contributed by atoms with Crippen molar-refractivity contribution >= 4 is 22.3 Å². The van der Waals surface area contributed by atoms with Gasteiger partial charge < -0.3 is 9.30 Å². The van der Waals surface area contributed by atoms with Gasteiger partial charge in [-0.25, -0.2) is 15.1 Å². The van der Waals surface area contributed by atoms with E-state index in [1.54, 1.807) is 0 Å². The van der Waals surface area contributed by atoms with Gasteiger partial charge in [-0.15, -0.1) is 5.10 Å². The molecule has 0 spiro atoms. The highest BCUT2D eigenvalue weighted by Crippen LogP contribution is 2.40. The fourth-order valence-electron chi connectivity index (χ4n) is 5.12. The van der Waals surface area contributed by atoms with Gasteiger partial charge in [0.2, 0.25) is 0 Å². The number of hydrogen-bond donors (Lipinski definition) is 1. The van der Waals surface area contributed by atoms with Crippen LogP contribution in [0.3, 0.4) is 0 Å². The van der Waals surface area contributed by atoms with Crippen molar-refractivity contribution in [3.63, 3.8) is 0 Å². The Morgan fingerprint density at radius 1 is 1.06 bits per heavy atom. The van der Waals surface area contributed by atoms with Crippen LogP contribution in [0.2, 0.25) is 0 Å². The third-order valence-electron chi connectivity index (χ3n) is 6.81. The average Bonchev–Trinajstić information content (AvgIpc) is 3.50. The number of pyridine rings is 1. The highest BCUT2D eigenvalue weighted by atomic mass is 16.5. The van der Waals surface area contributed by atoms with E-state index in [-0.39, 0.29) is 0 Å². The standard InChI is InChI=1S/C28H27N7O/c1-5-24-30-26-16(2)12-17(3)29-28(26)35(24)14-19-10-11-21-20(13-19)15-36-23-9-7-6-8-22(23)25(21)18(4)27-31-33-34-32-27/h6-13H,5,14-15H2,1-4H3,(H,31,32,33,34)/b25-18+. The minimum atomic E-state index is 0.480. The number of para-hydroxylation sites is 1. The Morgan fingerprint density at radius 2 is 1.92 bits per heavy atom. The Morgan fingerprint density at radius 3 is 2.72 bits per heavy atom. The first-order valence-corrected chi connectivity index (χ1v) is 12.2. The van der Waals surface area contributed by atoms with Gasteiger partial charge in [-0.05, 0) is 77.2 Å². The van der Waals surface area contributed by atoms with Gasteiger partial charge in [-0.3, -0.25) is 0 Å². The highest BCUT2D eigenvalue weighted by Gasteiger charge is 2.23. The molecule has 8 heteroatoms. The number of H-pyrrole nitrogens is 1. The van der Waals surface area contributed by atoms with Crippen LogP contribution in [0.4, 0.5) is 0 Å². The summed E-state index contributed by atoms with van der Waals surface area (Å²) in [5.41, 5.74) is 10.6. The lowest BCUT2D eigenvalue weighted by Gasteiger charge is -2.15. The summed E-state index contributed by atoms with van der Waals surface area (Å²) in [5.74, 6) is 2.53. The minimum Gasteiger partial charge on any atom is -0.488 e. The van der Waals surface area contributed by atoms with Crippen LogP contribution in [0.5, 0.6) is 5.75 Å². The number of aromatic nitrogens is 7. The third-order valence-corrected chi connectivity index (χ3v) is 6.81.